The average molecular weight is 457 g/mol. The maximum atomic E-state index is 12.1. The summed E-state index contributed by atoms with van der Waals surface area (Å²) in [6.07, 6.45) is 0.667. The predicted octanol–water partition coefficient (Wildman–Crippen LogP) is 3.58. The monoisotopic (exact) mass is 456 g/mol. The van der Waals surface area contributed by atoms with E-state index in [4.69, 9.17) is 5.73 Å². The molecule has 0 unspecified atom stereocenters. The van der Waals surface area contributed by atoms with Gasteiger partial charge in [-0.1, -0.05) is 24.3 Å². The molecule has 31 heavy (non-hydrogen) atoms. The van der Waals surface area contributed by atoms with E-state index in [9.17, 15) is 19.7 Å². The quantitative estimate of drug-likeness (QED) is 0.288. The molecule has 0 fully saturated rings. The minimum absolute atomic E-state index is 0.0267. The van der Waals surface area contributed by atoms with Gasteiger partial charge in [-0.05, 0) is 31.0 Å². The molecule has 2 amide bonds. The van der Waals surface area contributed by atoms with Gasteiger partial charge < -0.3 is 11.1 Å². The van der Waals surface area contributed by atoms with Crippen LogP contribution in [-0.4, -0.2) is 34.0 Å². The second-order valence-corrected chi connectivity index (χ2v) is 8.72. The molecular weight excluding hydrogens is 436 g/mol. The smallest absolute Gasteiger partial charge is 0.283 e. The number of thioether (sulfide) groups is 1. The lowest BCUT2D eigenvalue weighted by atomic mass is 10.1. The summed E-state index contributed by atoms with van der Waals surface area (Å²) in [7, 11) is 0. The Balaban J connectivity index is 1.48. The number of nitrogens with zero attached hydrogens (tertiary/aromatic N) is 2. The molecule has 3 N–H and O–H groups in total. The highest BCUT2D eigenvalue weighted by atomic mass is 32.2. The molecule has 0 saturated heterocycles. The number of primary amides is 1. The van der Waals surface area contributed by atoms with Crippen LogP contribution in [0.2, 0.25) is 0 Å². The van der Waals surface area contributed by atoms with Gasteiger partial charge in [0.05, 0.1) is 26.3 Å². The number of nitro groups is 1. The Morgan fingerprint density at radius 2 is 1.97 bits per heavy atom. The number of hydrogen-bond donors (Lipinski definition) is 2. The summed E-state index contributed by atoms with van der Waals surface area (Å²) in [5.41, 5.74) is 8.06. The first kappa shape index (κ1) is 22.4. The first-order valence-corrected chi connectivity index (χ1v) is 11.2. The third kappa shape index (κ3) is 6.12. The molecule has 2 aromatic carbocycles. The van der Waals surface area contributed by atoms with E-state index in [1.54, 1.807) is 11.3 Å². The van der Waals surface area contributed by atoms with Crippen molar-refractivity contribution in [3.05, 3.63) is 74.1 Å². The van der Waals surface area contributed by atoms with Gasteiger partial charge in [-0.2, -0.15) is 0 Å². The fraction of sp³-hybridized carbons (Fsp3) is 0.190. The number of thiazole rings is 1. The van der Waals surface area contributed by atoms with Gasteiger partial charge in [0, 0.05) is 29.1 Å². The number of amides is 2. The number of nitro benzene ring substituents is 1. The Bertz CT molecular complexity index is 1110. The van der Waals surface area contributed by atoms with Gasteiger partial charge in [-0.25, -0.2) is 4.98 Å². The molecule has 160 valence electrons. The number of nitrogens with one attached hydrogen (secondary N) is 1. The van der Waals surface area contributed by atoms with Crippen molar-refractivity contribution < 1.29 is 14.5 Å². The fourth-order valence-electron chi connectivity index (χ4n) is 2.81. The second kappa shape index (κ2) is 10.2. The van der Waals surface area contributed by atoms with Gasteiger partial charge in [-0.3, -0.25) is 19.7 Å². The number of carbonyl (C=O) groups is 2. The van der Waals surface area contributed by atoms with E-state index in [0.717, 1.165) is 39.7 Å². The third-order valence-corrected chi connectivity index (χ3v) is 6.24. The standard InChI is InChI=1S/C21H20N4O4S2/c1-13-24-17(11-30-13)15-4-2-14(3-5-15)8-9-23-20(26)12-31-19-7-6-16(21(22)27)10-18(19)25(28)29/h2-7,10-11H,8-9,12H2,1H3,(H2,22,27)(H,23,26). The number of rotatable bonds is 9. The highest BCUT2D eigenvalue weighted by molar-refractivity contribution is 8.00. The van der Waals surface area contributed by atoms with Crippen LogP contribution in [0.4, 0.5) is 5.69 Å². The van der Waals surface area contributed by atoms with Gasteiger partial charge in [0.25, 0.3) is 5.69 Å². The zero-order chi connectivity index (χ0) is 22.4. The molecule has 10 heteroatoms. The van der Waals surface area contributed by atoms with Crippen molar-refractivity contribution in [3.63, 3.8) is 0 Å². The number of carbonyl (C=O) groups excluding carboxylic acids is 2. The maximum Gasteiger partial charge on any atom is 0.283 e. The van der Waals surface area contributed by atoms with Crippen LogP contribution in [0.15, 0.2) is 52.7 Å². The molecule has 0 aliphatic carbocycles. The molecule has 3 rings (SSSR count). The SMILES string of the molecule is Cc1nc(-c2ccc(CCNC(=O)CSc3ccc(C(N)=O)cc3[N+](=O)[O-])cc2)cs1. The summed E-state index contributed by atoms with van der Waals surface area (Å²) >= 11 is 2.65. The lowest BCUT2D eigenvalue weighted by Gasteiger charge is -2.07. The zero-order valence-electron chi connectivity index (χ0n) is 16.7. The Kier molecular flexibility index (Phi) is 7.37. The van der Waals surface area contributed by atoms with Crippen LogP contribution >= 0.6 is 23.1 Å². The largest absolute Gasteiger partial charge is 0.366 e. The number of aromatic nitrogens is 1. The highest BCUT2D eigenvalue weighted by Gasteiger charge is 2.18. The van der Waals surface area contributed by atoms with Gasteiger partial charge in [0.2, 0.25) is 11.8 Å². The zero-order valence-corrected chi connectivity index (χ0v) is 18.3. The maximum absolute atomic E-state index is 12.1. The average Bonchev–Trinajstić information content (AvgIpc) is 3.18. The molecule has 3 aromatic rings. The van der Waals surface area contributed by atoms with Crippen molar-refractivity contribution in [1.29, 1.82) is 0 Å². The summed E-state index contributed by atoms with van der Waals surface area (Å²) in [6, 6.07) is 12.0. The highest BCUT2D eigenvalue weighted by Crippen LogP contribution is 2.30. The van der Waals surface area contributed by atoms with Crippen LogP contribution in [0.25, 0.3) is 11.3 Å². The van der Waals surface area contributed by atoms with Gasteiger partial charge in [0.15, 0.2) is 0 Å². The van der Waals surface area contributed by atoms with Crippen molar-refractivity contribution in [3.8, 4) is 11.3 Å². The Hall–Kier alpha value is -3.24. The number of nitrogens with two attached hydrogens (primary N) is 1. The van der Waals surface area contributed by atoms with Crippen molar-refractivity contribution in [2.45, 2.75) is 18.2 Å². The summed E-state index contributed by atoms with van der Waals surface area (Å²) in [4.78, 5) is 38.7. The molecule has 0 spiro atoms. The van der Waals surface area contributed by atoms with Crippen LogP contribution < -0.4 is 11.1 Å². The van der Waals surface area contributed by atoms with Gasteiger partial charge in [-0.15, -0.1) is 23.1 Å². The third-order valence-electron chi connectivity index (χ3n) is 4.40. The molecule has 8 nitrogen and oxygen atoms in total. The van der Waals surface area contributed by atoms with Crippen LogP contribution in [0.3, 0.4) is 0 Å². The van der Waals surface area contributed by atoms with Crippen LogP contribution in [-0.2, 0) is 11.2 Å². The summed E-state index contributed by atoms with van der Waals surface area (Å²) < 4.78 is 0. The van der Waals surface area contributed by atoms with E-state index in [-0.39, 0.29) is 22.9 Å². The Morgan fingerprint density at radius 1 is 1.23 bits per heavy atom. The molecule has 0 aliphatic heterocycles. The van der Waals surface area contributed by atoms with E-state index in [1.165, 1.54) is 12.1 Å². The van der Waals surface area contributed by atoms with Crippen molar-refractivity contribution >= 4 is 40.6 Å². The number of aryl methyl sites for hydroxylation is 1. The summed E-state index contributed by atoms with van der Waals surface area (Å²) in [5.74, 6) is -0.946. The molecule has 0 aliphatic rings. The van der Waals surface area contributed by atoms with Crippen LogP contribution in [0.1, 0.15) is 20.9 Å². The molecule has 0 radical (unpaired) electrons. The minimum Gasteiger partial charge on any atom is -0.366 e. The van der Waals surface area contributed by atoms with Gasteiger partial charge >= 0.3 is 0 Å². The van der Waals surface area contributed by atoms with Crippen LogP contribution in [0.5, 0.6) is 0 Å². The molecule has 1 heterocycles. The van der Waals surface area contributed by atoms with E-state index >= 15 is 0 Å². The first-order chi connectivity index (χ1) is 14.8. The Morgan fingerprint density at radius 3 is 2.58 bits per heavy atom. The van der Waals surface area contributed by atoms with E-state index in [1.807, 2.05) is 36.6 Å². The number of hydrogen-bond acceptors (Lipinski definition) is 7. The number of benzene rings is 2. The normalized spacial score (nSPS) is 10.6. The van der Waals surface area contributed by atoms with Crippen LogP contribution in [0, 0.1) is 17.0 Å². The fourth-order valence-corrected chi connectivity index (χ4v) is 4.27. The minimum atomic E-state index is -0.743. The Labute approximate surface area is 187 Å². The van der Waals surface area contributed by atoms with Gasteiger partial charge in [0.1, 0.15) is 0 Å². The lowest BCUT2D eigenvalue weighted by Crippen LogP contribution is -2.27. The molecule has 0 bridgehead atoms. The molecular formula is C21H20N4O4S2. The van der Waals surface area contributed by atoms with Crippen molar-refractivity contribution in [2.24, 2.45) is 5.73 Å². The van der Waals surface area contributed by atoms with Crippen molar-refractivity contribution in [2.75, 3.05) is 12.3 Å². The first-order valence-electron chi connectivity index (χ1n) is 9.32. The summed E-state index contributed by atoms with van der Waals surface area (Å²) in [5, 5.41) is 17.1. The van der Waals surface area contributed by atoms with E-state index < -0.39 is 10.8 Å². The second-order valence-electron chi connectivity index (χ2n) is 6.64. The van der Waals surface area contributed by atoms with E-state index in [0.29, 0.717) is 17.9 Å². The summed E-state index contributed by atoms with van der Waals surface area (Å²) in [6.45, 7) is 2.43. The van der Waals surface area contributed by atoms with E-state index in [2.05, 4.69) is 10.3 Å². The molecule has 0 saturated carbocycles. The molecule has 0 atom stereocenters. The predicted molar refractivity (Wildman–Crippen MR) is 121 cm³/mol. The lowest BCUT2D eigenvalue weighted by molar-refractivity contribution is -0.387. The molecule has 1 aromatic heterocycles. The van der Waals surface area contributed by atoms with Crippen molar-refractivity contribution in [1.82, 2.24) is 10.3 Å². The topological polar surface area (TPSA) is 128 Å².